The van der Waals surface area contributed by atoms with E-state index in [-0.39, 0.29) is 36.2 Å². The largest absolute Gasteiger partial charge is 0.335 e. The Morgan fingerprint density at radius 1 is 0.565 bits per heavy atom. The summed E-state index contributed by atoms with van der Waals surface area (Å²) in [6.45, 7) is 2.97. The zero-order chi connectivity index (χ0) is 33.3. The summed E-state index contributed by atoms with van der Waals surface area (Å²) in [6, 6.07) is 7.90. The summed E-state index contributed by atoms with van der Waals surface area (Å²) in [4.78, 5) is 56.8. The lowest BCUT2D eigenvalue weighted by Gasteiger charge is -2.26. The van der Waals surface area contributed by atoms with Crippen LogP contribution in [0.15, 0.2) is 24.3 Å². The van der Waals surface area contributed by atoms with Gasteiger partial charge < -0.3 is 40.9 Å². The number of nitrogens with zero attached hydrogens (tertiary/aromatic N) is 4. The zero-order valence-corrected chi connectivity index (χ0v) is 28.6. The number of urea groups is 4. The molecule has 2 fully saturated rings. The lowest BCUT2D eigenvalue weighted by molar-refractivity contribution is 0.193. The molecule has 2 aliphatic carbocycles. The van der Waals surface area contributed by atoms with Crippen molar-refractivity contribution in [3.63, 3.8) is 0 Å². The Labute approximate surface area is 276 Å². The first-order chi connectivity index (χ1) is 22.1. The topological polar surface area (TPSA) is 129 Å². The number of amides is 8. The third-order valence-corrected chi connectivity index (χ3v) is 9.11. The summed E-state index contributed by atoms with van der Waals surface area (Å²) in [7, 11) is 7.10. The first-order valence-electron chi connectivity index (χ1n) is 17.2. The summed E-state index contributed by atoms with van der Waals surface area (Å²) in [5, 5.41) is 12.2. The smallest absolute Gasteiger partial charge is 0.317 e. The number of rotatable bonds is 14. The van der Waals surface area contributed by atoms with Crippen LogP contribution in [0.1, 0.15) is 88.2 Å². The van der Waals surface area contributed by atoms with Crippen LogP contribution in [0.25, 0.3) is 0 Å². The number of carbonyl (C=O) groups is 4. The highest BCUT2D eigenvalue weighted by atomic mass is 16.2. The third-order valence-electron chi connectivity index (χ3n) is 9.11. The lowest BCUT2D eigenvalue weighted by atomic mass is 9.96. The molecule has 4 N–H and O–H groups in total. The molecule has 12 nitrogen and oxygen atoms in total. The van der Waals surface area contributed by atoms with Crippen molar-refractivity contribution in [1.82, 2.24) is 40.9 Å². The van der Waals surface area contributed by atoms with Crippen molar-refractivity contribution in [1.29, 1.82) is 0 Å². The van der Waals surface area contributed by atoms with Crippen LogP contribution in [0, 0.1) is 0 Å². The number of hydrogen-bond acceptors (Lipinski definition) is 4. The second-order valence-corrected chi connectivity index (χ2v) is 13.1. The molecule has 0 bridgehead atoms. The van der Waals surface area contributed by atoms with Crippen molar-refractivity contribution < 1.29 is 19.2 Å². The van der Waals surface area contributed by atoms with E-state index in [9.17, 15) is 19.2 Å². The molecule has 0 spiro atoms. The Kier molecular flexibility index (Phi) is 15.8. The maximum atomic E-state index is 12.7. The van der Waals surface area contributed by atoms with Gasteiger partial charge in [0.2, 0.25) is 0 Å². The monoisotopic (exact) mass is 642 g/mol. The number of benzene rings is 1. The van der Waals surface area contributed by atoms with Gasteiger partial charge in [0.25, 0.3) is 0 Å². The Balaban J connectivity index is 1.28. The van der Waals surface area contributed by atoms with Gasteiger partial charge in [-0.3, -0.25) is 0 Å². The second kappa shape index (κ2) is 19.7. The van der Waals surface area contributed by atoms with Gasteiger partial charge in [-0.15, -0.1) is 0 Å². The molecule has 1 aromatic carbocycles. The zero-order valence-electron chi connectivity index (χ0n) is 28.6. The van der Waals surface area contributed by atoms with Gasteiger partial charge in [-0.05, 0) is 49.7 Å². The predicted molar refractivity (Wildman–Crippen MR) is 181 cm³/mol. The van der Waals surface area contributed by atoms with Crippen molar-refractivity contribution in [2.45, 2.75) is 102 Å². The van der Waals surface area contributed by atoms with E-state index < -0.39 is 0 Å². The molecule has 0 atom stereocenters. The van der Waals surface area contributed by atoms with E-state index in [2.05, 4.69) is 21.3 Å². The van der Waals surface area contributed by atoms with Crippen molar-refractivity contribution in [2.24, 2.45) is 0 Å². The Bertz CT molecular complexity index is 1030. The molecule has 0 aromatic heterocycles. The van der Waals surface area contributed by atoms with Crippen LogP contribution in [-0.2, 0) is 13.1 Å². The van der Waals surface area contributed by atoms with Crippen LogP contribution in [-0.4, -0.2) is 110 Å². The van der Waals surface area contributed by atoms with Crippen LogP contribution >= 0.6 is 0 Å². The molecular formula is C34H58N8O4. The SMILES string of the molecule is CN(CCCN(C)C(=O)NC1CCCCC1)C(=O)NCc1cccc(CNC(=O)N(C)CCCN(C)C(=O)NC2CCCCC2)c1. The van der Waals surface area contributed by atoms with Gasteiger partial charge in [0.15, 0.2) is 0 Å². The molecule has 0 unspecified atom stereocenters. The Hall–Kier alpha value is -3.70. The minimum atomic E-state index is -0.174. The first kappa shape index (κ1) is 36.8. The molecular weight excluding hydrogens is 584 g/mol. The Morgan fingerprint density at radius 3 is 1.28 bits per heavy atom. The minimum Gasteiger partial charge on any atom is -0.335 e. The van der Waals surface area contributed by atoms with Gasteiger partial charge in [-0.25, -0.2) is 19.2 Å². The van der Waals surface area contributed by atoms with E-state index in [1.807, 2.05) is 24.3 Å². The molecule has 0 aliphatic heterocycles. The number of hydrogen-bond donors (Lipinski definition) is 4. The van der Waals surface area contributed by atoms with Gasteiger partial charge in [-0.1, -0.05) is 62.8 Å². The highest BCUT2D eigenvalue weighted by Crippen LogP contribution is 2.18. The van der Waals surface area contributed by atoms with E-state index in [1.165, 1.54) is 38.5 Å². The molecule has 258 valence electrons. The lowest BCUT2D eigenvalue weighted by Crippen LogP contribution is -2.45. The van der Waals surface area contributed by atoms with Crippen LogP contribution in [0.5, 0.6) is 0 Å². The standard InChI is InChI=1S/C34H58N8O4/c1-39(20-12-22-41(3)33(45)37-29-16-7-5-8-17-29)31(43)35-25-27-14-11-15-28(24-27)26-36-32(44)40(2)21-13-23-42(4)34(46)38-30-18-9-6-10-19-30/h11,14-15,24,29-30H,5-10,12-13,16-23,25-26H2,1-4H3,(H,35,43)(H,36,44)(H,37,45)(H,38,46). The number of nitrogens with one attached hydrogen (secondary N) is 4. The van der Waals surface area contributed by atoms with Crippen molar-refractivity contribution in [3.05, 3.63) is 35.4 Å². The molecule has 0 saturated heterocycles. The van der Waals surface area contributed by atoms with E-state index in [1.54, 1.807) is 47.8 Å². The molecule has 0 radical (unpaired) electrons. The highest BCUT2D eigenvalue weighted by molar-refractivity contribution is 5.75. The van der Waals surface area contributed by atoms with Crippen LogP contribution in [0.3, 0.4) is 0 Å². The number of carbonyl (C=O) groups excluding carboxylic acids is 4. The quantitative estimate of drug-likeness (QED) is 0.235. The molecule has 8 amide bonds. The summed E-state index contributed by atoms with van der Waals surface area (Å²) >= 11 is 0. The van der Waals surface area contributed by atoms with Crippen molar-refractivity contribution in [3.8, 4) is 0 Å². The fourth-order valence-corrected chi connectivity index (χ4v) is 6.03. The fraction of sp³-hybridized carbons (Fsp3) is 0.706. The normalized spacial score (nSPS) is 15.4. The van der Waals surface area contributed by atoms with Crippen molar-refractivity contribution >= 4 is 24.1 Å². The highest BCUT2D eigenvalue weighted by Gasteiger charge is 2.19. The predicted octanol–water partition coefficient (Wildman–Crippen LogP) is 4.70. The maximum Gasteiger partial charge on any atom is 0.317 e. The summed E-state index contributed by atoms with van der Waals surface area (Å²) < 4.78 is 0. The van der Waals surface area contributed by atoms with Gasteiger partial charge in [0.1, 0.15) is 0 Å². The van der Waals surface area contributed by atoms with E-state index in [0.717, 1.165) is 36.8 Å². The summed E-state index contributed by atoms with van der Waals surface area (Å²) in [5.41, 5.74) is 1.88. The maximum absolute atomic E-state index is 12.7. The van der Waals surface area contributed by atoms with Gasteiger partial charge in [-0.2, -0.15) is 0 Å². The molecule has 2 saturated carbocycles. The average Bonchev–Trinajstić information content (AvgIpc) is 3.06. The van der Waals surface area contributed by atoms with Gasteiger partial charge >= 0.3 is 24.1 Å². The second-order valence-electron chi connectivity index (χ2n) is 13.1. The van der Waals surface area contributed by atoms with Crippen LogP contribution < -0.4 is 21.3 Å². The summed E-state index contributed by atoms with van der Waals surface area (Å²) in [6.07, 6.45) is 12.8. The third kappa shape index (κ3) is 13.3. The van der Waals surface area contributed by atoms with E-state index in [4.69, 9.17) is 0 Å². The van der Waals surface area contributed by atoms with Gasteiger partial charge in [0.05, 0.1) is 0 Å². The molecule has 1 aromatic rings. The average molecular weight is 643 g/mol. The minimum absolute atomic E-state index is 0.0414. The molecule has 12 heteroatoms. The molecule has 0 heterocycles. The molecule has 3 rings (SSSR count). The fourth-order valence-electron chi connectivity index (χ4n) is 6.03. The van der Waals surface area contributed by atoms with E-state index in [0.29, 0.717) is 52.1 Å². The van der Waals surface area contributed by atoms with Crippen molar-refractivity contribution in [2.75, 3.05) is 54.4 Å². The first-order valence-corrected chi connectivity index (χ1v) is 17.2. The van der Waals surface area contributed by atoms with E-state index >= 15 is 0 Å². The van der Waals surface area contributed by atoms with Crippen LogP contribution in [0.4, 0.5) is 19.2 Å². The summed E-state index contributed by atoms with van der Waals surface area (Å²) in [5.74, 6) is 0. The van der Waals surface area contributed by atoms with Gasteiger partial charge in [0, 0.05) is 79.5 Å². The Morgan fingerprint density at radius 2 is 0.913 bits per heavy atom. The molecule has 2 aliphatic rings. The molecule has 46 heavy (non-hydrogen) atoms. The van der Waals surface area contributed by atoms with Crippen LogP contribution in [0.2, 0.25) is 0 Å².